The summed E-state index contributed by atoms with van der Waals surface area (Å²) in [5.74, 6) is -0.438. The van der Waals surface area contributed by atoms with Crippen molar-refractivity contribution in [3.05, 3.63) is 57.2 Å². The molecule has 3 atom stereocenters. The van der Waals surface area contributed by atoms with E-state index >= 15 is 0 Å². The SMILES string of the molecule is CCOc1cc(C2C3=C(CC(c4ccc(OC)c(OC)c4)CC3=O)N=C(C)C2C(=O)OCC(C)C)cc(Br)c1O. The summed E-state index contributed by atoms with van der Waals surface area (Å²) in [5.41, 5.74) is 3.37. The third-order valence-electron chi connectivity index (χ3n) is 7.29. The van der Waals surface area contributed by atoms with E-state index < -0.39 is 17.8 Å². The molecule has 0 bridgehead atoms. The molecular formula is C31H36BrNO7. The Bertz CT molecular complexity index is 1360. The number of Topliss-reactive ketones (excluding diaryl/α,β-unsaturated/α-hetero) is 1. The summed E-state index contributed by atoms with van der Waals surface area (Å²) in [4.78, 5) is 32.3. The van der Waals surface area contributed by atoms with E-state index in [0.717, 1.165) is 5.56 Å². The molecule has 0 saturated carbocycles. The van der Waals surface area contributed by atoms with Gasteiger partial charge in [0, 0.05) is 29.3 Å². The molecule has 3 unspecified atom stereocenters. The Balaban J connectivity index is 1.82. The van der Waals surface area contributed by atoms with Crippen LogP contribution in [0.4, 0.5) is 0 Å². The van der Waals surface area contributed by atoms with Crippen LogP contribution in [0.25, 0.3) is 0 Å². The van der Waals surface area contributed by atoms with E-state index in [1.54, 1.807) is 26.4 Å². The molecule has 1 aliphatic carbocycles. The van der Waals surface area contributed by atoms with Crippen molar-refractivity contribution in [2.24, 2.45) is 16.8 Å². The second kappa shape index (κ2) is 12.5. The van der Waals surface area contributed by atoms with E-state index in [0.29, 0.717) is 51.5 Å². The monoisotopic (exact) mass is 613 g/mol. The molecule has 8 nitrogen and oxygen atoms in total. The molecule has 2 aromatic rings. The molecule has 2 aromatic carbocycles. The molecule has 0 fully saturated rings. The van der Waals surface area contributed by atoms with Crippen LogP contribution in [-0.4, -0.2) is 50.0 Å². The normalized spacial score (nSPS) is 20.6. The Morgan fingerprint density at radius 3 is 2.42 bits per heavy atom. The standard InChI is InChI=1S/C31H36BrNO7/c1-7-39-26-14-20(10-21(32)30(26)35)28-27(31(36)40-15-16(2)3)17(4)33-22-11-19(12-23(34)29(22)28)18-8-9-24(37-5)25(13-18)38-6/h8-10,13-14,16,19,27-28,35H,7,11-12,15H2,1-6H3. The Morgan fingerprint density at radius 1 is 1.07 bits per heavy atom. The molecular weight excluding hydrogens is 578 g/mol. The number of esters is 1. The van der Waals surface area contributed by atoms with E-state index in [9.17, 15) is 14.7 Å². The average Bonchev–Trinajstić information content (AvgIpc) is 2.92. The average molecular weight is 615 g/mol. The number of aliphatic imine (C=N–C) groups is 1. The second-order valence-electron chi connectivity index (χ2n) is 10.5. The highest BCUT2D eigenvalue weighted by Crippen LogP contribution is 2.49. The van der Waals surface area contributed by atoms with Crippen LogP contribution in [0, 0.1) is 11.8 Å². The lowest BCUT2D eigenvalue weighted by atomic mass is 9.69. The highest BCUT2D eigenvalue weighted by molar-refractivity contribution is 9.10. The van der Waals surface area contributed by atoms with Crippen LogP contribution in [0.1, 0.15) is 63.5 Å². The third-order valence-corrected chi connectivity index (χ3v) is 7.89. The number of ether oxygens (including phenoxy) is 4. The Morgan fingerprint density at radius 2 is 1.77 bits per heavy atom. The maximum atomic E-state index is 13.9. The first-order valence-corrected chi connectivity index (χ1v) is 14.2. The quantitative estimate of drug-likeness (QED) is 0.329. The van der Waals surface area contributed by atoms with Gasteiger partial charge in [0.2, 0.25) is 0 Å². The van der Waals surface area contributed by atoms with Crippen LogP contribution < -0.4 is 14.2 Å². The van der Waals surface area contributed by atoms with Crippen molar-refractivity contribution in [2.45, 2.75) is 52.4 Å². The van der Waals surface area contributed by atoms with Gasteiger partial charge in [0.1, 0.15) is 5.92 Å². The van der Waals surface area contributed by atoms with Crippen molar-refractivity contribution in [3.63, 3.8) is 0 Å². The molecule has 2 aliphatic rings. The number of nitrogens with zero attached hydrogens (tertiary/aromatic N) is 1. The zero-order valence-corrected chi connectivity index (χ0v) is 25.3. The molecule has 1 heterocycles. The lowest BCUT2D eigenvalue weighted by molar-refractivity contribution is -0.147. The number of benzene rings is 2. The lowest BCUT2D eigenvalue weighted by Crippen LogP contribution is -2.38. The Kier molecular flexibility index (Phi) is 9.23. The van der Waals surface area contributed by atoms with Crippen LogP contribution >= 0.6 is 15.9 Å². The predicted octanol–water partition coefficient (Wildman–Crippen LogP) is 6.34. The summed E-state index contributed by atoms with van der Waals surface area (Å²) in [5, 5.41) is 10.6. The highest BCUT2D eigenvalue weighted by Gasteiger charge is 2.45. The van der Waals surface area contributed by atoms with Crippen molar-refractivity contribution in [1.82, 2.24) is 0 Å². The van der Waals surface area contributed by atoms with Crippen molar-refractivity contribution in [2.75, 3.05) is 27.4 Å². The first-order valence-electron chi connectivity index (χ1n) is 13.4. The summed E-state index contributed by atoms with van der Waals surface area (Å²) >= 11 is 3.42. The lowest BCUT2D eigenvalue weighted by Gasteiger charge is -2.37. The zero-order valence-electron chi connectivity index (χ0n) is 23.7. The molecule has 40 heavy (non-hydrogen) atoms. The fourth-order valence-corrected chi connectivity index (χ4v) is 5.90. The number of hydrogen-bond acceptors (Lipinski definition) is 8. The van der Waals surface area contributed by atoms with Gasteiger partial charge in [-0.25, -0.2) is 0 Å². The van der Waals surface area contributed by atoms with E-state index in [2.05, 4.69) is 15.9 Å². The van der Waals surface area contributed by atoms with Crippen molar-refractivity contribution in [3.8, 4) is 23.0 Å². The van der Waals surface area contributed by atoms with E-state index in [1.807, 2.05) is 45.9 Å². The predicted molar refractivity (Wildman–Crippen MR) is 156 cm³/mol. The van der Waals surface area contributed by atoms with Gasteiger partial charge in [-0.3, -0.25) is 14.6 Å². The number of phenols is 1. The van der Waals surface area contributed by atoms with Crippen LogP contribution in [-0.2, 0) is 14.3 Å². The van der Waals surface area contributed by atoms with Gasteiger partial charge in [-0.2, -0.15) is 0 Å². The molecule has 0 saturated heterocycles. The van der Waals surface area contributed by atoms with Crippen LogP contribution in [0.2, 0.25) is 0 Å². The van der Waals surface area contributed by atoms with E-state index in [-0.39, 0.29) is 42.1 Å². The van der Waals surface area contributed by atoms with Crippen molar-refractivity contribution in [1.29, 1.82) is 0 Å². The second-order valence-corrected chi connectivity index (χ2v) is 11.4. The summed E-state index contributed by atoms with van der Waals surface area (Å²) in [6, 6.07) is 9.12. The minimum atomic E-state index is -0.787. The Hall–Kier alpha value is -3.33. The molecule has 0 aromatic heterocycles. The zero-order chi connectivity index (χ0) is 29.1. The minimum Gasteiger partial charge on any atom is -0.503 e. The third kappa shape index (κ3) is 5.89. The number of phenolic OH excluding ortho intramolecular Hbond substituents is 1. The number of carbonyl (C=O) groups excluding carboxylic acids is 2. The first kappa shape index (κ1) is 29.6. The molecule has 1 N–H and O–H groups in total. The maximum Gasteiger partial charge on any atom is 0.315 e. The number of allylic oxidation sites excluding steroid dienone is 2. The maximum absolute atomic E-state index is 13.9. The smallest absolute Gasteiger partial charge is 0.315 e. The molecule has 0 amide bonds. The summed E-state index contributed by atoms with van der Waals surface area (Å²) in [7, 11) is 3.16. The summed E-state index contributed by atoms with van der Waals surface area (Å²) in [6.45, 7) is 8.17. The topological polar surface area (TPSA) is 104 Å². The van der Waals surface area contributed by atoms with Gasteiger partial charge in [-0.1, -0.05) is 19.9 Å². The first-order chi connectivity index (χ1) is 19.1. The van der Waals surface area contributed by atoms with Gasteiger partial charge in [-0.05, 0) is 83.4 Å². The number of halogens is 1. The van der Waals surface area contributed by atoms with Crippen molar-refractivity contribution < 1.29 is 33.6 Å². The van der Waals surface area contributed by atoms with E-state index in [4.69, 9.17) is 23.9 Å². The van der Waals surface area contributed by atoms with Gasteiger partial charge in [0.05, 0.1) is 31.9 Å². The number of ketones is 1. The van der Waals surface area contributed by atoms with Gasteiger partial charge in [-0.15, -0.1) is 0 Å². The summed E-state index contributed by atoms with van der Waals surface area (Å²) in [6.07, 6.45) is 0.778. The number of hydrogen-bond donors (Lipinski definition) is 1. The number of aromatic hydroxyl groups is 1. The van der Waals surface area contributed by atoms with Gasteiger partial charge in [0.15, 0.2) is 28.8 Å². The number of carbonyl (C=O) groups is 2. The van der Waals surface area contributed by atoms with Gasteiger partial charge in [0.25, 0.3) is 0 Å². The van der Waals surface area contributed by atoms with Crippen LogP contribution in [0.5, 0.6) is 23.0 Å². The van der Waals surface area contributed by atoms with Crippen molar-refractivity contribution >= 4 is 33.4 Å². The highest BCUT2D eigenvalue weighted by atomic mass is 79.9. The van der Waals surface area contributed by atoms with E-state index in [1.165, 1.54) is 0 Å². The molecule has 4 rings (SSSR count). The fourth-order valence-electron chi connectivity index (χ4n) is 5.44. The largest absolute Gasteiger partial charge is 0.503 e. The molecule has 9 heteroatoms. The molecule has 1 aliphatic heterocycles. The summed E-state index contributed by atoms with van der Waals surface area (Å²) < 4.78 is 22.6. The van der Waals surface area contributed by atoms with Crippen LogP contribution in [0.15, 0.2) is 51.1 Å². The molecule has 0 radical (unpaired) electrons. The number of rotatable bonds is 9. The fraction of sp³-hybridized carbons (Fsp3) is 0.452. The van der Waals surface area contributed by atoms with Gasteiger partial charge < -0.3 is 24.1 Å². The minimum absolute atomic E-state index is 0.0385. The number of methoxy groups -OCH3 is 2. The van der Waals surface area contributed by atoms with Gasteiger partial charge >= 0.3 is 5.97 Å². The Labute approximate surface area is 243 Å². The molecule has 0 spiro atoms. The molecule has 214 valence electrons. The van der Waals surface area contributed by atoms with Crippen LogP contribution in [0.3, 0.4) is 0 Å².